The van der Waals surface area contributed by atoms with Crippen LogP contribution < -0.4 is 5.32 Å². The van der Waals surface area contributed by atoms with E-state index >= 15 is 0 Å². The van der Waals surface area contributed by atoms with Crippen molar-refractivity contribution < 1.29 is 19.1 Å². The molecule has 3 amide bonds. The van der Waals surface area contributed by atoms with Crippen molar-refractivity contribution in [2.45, 2.75) is 32.9 Å². The number of ether oxygens (including phenoxy) is 1. The number of carbonyl (C=O) groups is 3. The van der Waals surface area contributed by atoms with Gasteiger partial charge < -0.3 is 15.0 Å². The molecule has 8 nitrogen and oxygen atoms in total. The van der Waals surface area contributed by atoms with E-state index in [0.717, 1.165) is 16.8 Å². The van der Waals surface area contributed by atoms with E-state index in [1.807, 2.05) is 30.3 Å². The van der Waals surface area contributed by atoms with Crippen LogP contribution in [0.1, 0.15) is 36.7 Å². The highest BCUT2D eigenvalue weighted by molar-refractivity contribution is 6.33. The molecule has 9 heteroatoms. The van der Waals surface area contributed by atoms with Crippen molar-refractivity contribution in [1.29, 1.82) is 0 Å². The first-order valence-electron chi connectivity index (χ1n) is 12.0. The molecular weight excluding hydrogens is 492 g/mol. The number of nitrogens with zero attached hydrogens (tertiary/aromatic N) is 3. The molecule has 2 aromatic carbocycles. The maximum atomic E-state index is 12.8. The highest BCUT2D eigenvalue weighted by atomic mass is 35.5. The van der Waals surface area contributed by atoms with E-state index in [2.05, 4.69) is 10.3 Å². The fourth-order valence-electron chi connectivity index (χ4n) is 3.86. The average molecular weight is 521 g/mol. The first kappa shape index (κ1) is 26.2. The Kier molecular flexibility index (Phi) is 7.78. The third kappa shape index (κ3) is 6.86. The van der Waals surface area contributed by atoms with Gasteiger partial charge in [0.1, 0.15) is 12.1 Å². The van der Waals surface area contributed by atoms with Crippen molar-refractivity contribution in [3.05, 3.63) is 83.0 Å². The van der Waals surface area contributed by atoms with E-state index in [9.17, 15) is 14.4 Å². The fraction of sp³-hybridized carbons (Fsp3) is 0.286. The van der Waals surface area contributed by atoms with Crippen LogP contribution in [0.25, 0.3) is 11.3 Å². The van der Waals surface area contributed by atoms with Crippen LogP contribution in [0.3, 0.4) is 0 Å². The summed E-state index contributed by atoms with van der Waals surface area (Å²) in [7, 11) is 0. The quantitative estimate of drug-likeness (QED) is 0.497. The molecule has 0 radical (unpaired) electrons. The number of aromatic nitrogens is 1. The SMILES string of the molecule is CC(C)(C)OC(=O)N1CCN(Cc2ccc(C(=O)Nc3ccc(Cl)c(-c4ccccn4)c3)cc2)C(=O)C1. The normalized spacial score (nSPS) is 13.9. The van der Waals surface area contributed by atoms with Gasteiger partial charge in [0, 0.05) is 42.6 Å². The molecule has 0 aliphatic carbocycles. The lowest BCUT2D eigenvalue weighted by Crippen LogP contribution is -2.52. The molecule has 0 saturated carbocycles. The minimum Gasteiger partial charge on any atom is -0.444 e. The zero-order chi connectivity index (χ0) is 26.6. The first-order chi connectivity index (χ1) is 17.6. The van der Waals surface area contributed by atoms with E-state index in [1.54, 1.807) is 62.2 Å². The predicted molar refractivity (Wildman–Crippen MR) is 142 cm³/mol. The van der Waals surface area contributed by atoms with E-state index in [4.69, 9.17) is 16.3 Å². The number of anilines is 1. The van der Waals surface area contributed by atoms with Crippen LogP contribution >= 0.6 is 11.6 Å². The van der Waals surface area contributed by atoms with Gasteiger partial charge in [-0.15, -0.1) is 0 Å². The number of carbonyl (C=O) groups excluding carboxylic acids is 3. The molecule has 0 atom stereocenters. The monoisotopic (exact) mass is 520 g/mol. The van der Waals surface area contributed by atoms with Crippen LogP contribution in [0, 0.1) is 0 Å². The maximum Gasteiger partial charge on any atom is 0.410 e. The Morgan fingerprint density at radius 2 is 1.81 bits per heavy atom. The van der Waals surface area contributed by atoms with E-state index in [1.165, 1.54) is 4.90 Å². The second-order valence-corrected chi connectivity index (χ2v) is 10.2. The third-order valence-electron chi connectivity index (χ3n) is 5.72. The van der Waals surface area contributed by atoms with Gasteiger partial charge in [0.15, 0.2) is 0 Å². The molecule has 1 aromatic heterocycles. The van der Waals surface area contributed by atoms with Gasteiger partial charge in [-0.05, 0) is 68.8 Å². The lowest BCUT2D eigenvalue weighted by molar-refractivity contribution is -0.136. The first-order valence-corrected chi connectivity index (χ1v) is 12.3. The molecule has 192 valence electrons. The molecule has 1 aliphatic heterocycles. The van der Waals surface area contributed by atoms with Crippen molar-refractivity contribution in [3.8, 4) is 11.3 Å². The number of hydrogen-bond acceptors (Lipinski definition) is 5. The fourth-order valence-corrected chi connectivity index (χ4v) is 4.08. The highest BCUT2D eigenvalue weighted by Crippen LogP contribution is 2.29. The minimum absolute atomic E-state index is 0.0169. The number of benzene rings is 2. The summed E-state index contributed by atoms with van der Waals surface area (Å²) in [6, 6.07) is 17.9. The summed E-state index contributed by atoms with van der Waals surface area (Å²) in [6.07, 6.45) is 1.20. The van der Waals surface area contributed by atoms with Gasteiger partial charge in [0.25, 0.3) is 5.91 Å². The molecule has 4 rings (SSSR count). The van der Waals surface area contributed by atoms with Gasteiger partial charge >= 0.3 is 6.09 Å². The van der Waals surface area contributed by atoms with Crippen molar-refractivity contribution in [2.75, 3.05) is 25.0 Å². The summed E-state index contributed by atoms with van der Waals surface area (Å²) in [6.45, 7) is 6.58. The van der Waals surface area contributed by atoms with Gasteiger partial charge in [0.2, 0.25) is 5.91 Å². The van der Waals surface area contributed by atoms with Crippen LogP contribution in [-0.2, 0) is 16.1 Å². The highest BCUT2D eigenvalue weighted by Gasteiger charge is 2.30. The molecule has 1 fully saturated rings. The van der Waals surface area contributed by atoms with Gasteiger partial charge in [-0.1, -0.05) is 29.8 Å². The molecule has 0 bridgehead atoms. The van der Waals surface area contributed by atoms with Crippen LogP contribution in [0.15, 0.2) is 66.9 Å². The Labute approximate surface area is 221 Å². The number of rotatable bonds is 5. The summed E-state index contributed by atoms with van der Waals surface area (Å²) >= 11 is 6.33. The second-order valence-electron chi connectivity index (χ2n) is 9.78. The van der Waals surface area contributed by atoms with E-state index in [-0.39, 0.29) is 18.4 Å². The summed E-state index contributed by atoms with van der Waals surface area (Å²) in [5.74, 6) is -0.409. The zero-order valence-electron chi connectivity index (χ0n) is 21.0. The smallest absolute Gasteiger partial charge is 0.410 e. The molecule has 1 saturated heterocycles. The average Bonchev–Trinajstić information content (AvgIpc) is 2.86. The van der Waals surface area contributed by atoms with Crippen LogP contribution in [0.4, 0.5) is 10.5 Å². The molecule has 0 unspecified atom stereocenters. The molecule has 1 aliphatic rings. The summed E-state index contributed by atoms with van der Waals surface area (Å²) in [5, 5.41) is 3.44. The summed E-state index contributed by atoms with van der Waals surface area (Å²) in [5.41, 5.74) is 2.81. The number of hydrogen-bond donors (Lipinski definition) is 1. The van der Waals surface area contributed by atoms with Crippen LogP contribution in [-0.4, -0.2) is 57.9 Å². The third-order valence-corrected chi connectivity index (χ3v) is 6.05. The van der Waals surface area contributed by atoms with Crippen molar-refractivity contribution >= 4 is 35.2 Å². The minimum atomic E-state index is -0.611. The Bertz CT molecular complexity index is 1290. The Morgan fingerprint density at radius 3 is 2.46 bits per heavy atom. The zero-order valence-corrected chi connectivity index (χ0v) is 21.8. The lowest BCUT2D eigenvalue weighted by Gasteiger charge is -2.35. The van der Waals surface area contributed by atoms with Crippen LogP contribution in [0.5, 0.6) is 0 Å². The molecular formula is C28H29ClN4O4. The van der Waals surface area contributed by atoms with Crippen molar-refractivity contribution in [2.24, 2.45) is 0 Å². The van der Waals surface area contributed by atoms with E-state index < -0.39 is 11.7 Å². The number of nitrogens with one attached hydrogen (secondary N) is 1. The predicted octanol–water partition coefficient (Wildman–Crippen LogP) is 5.23. The maximum absolute atomic E-state index is 12.8. The molecule has 3 aromatic rings. The van der Waals surface area contributed by atoms with Gasteiger partial charge in [-0.25, -0.2) is 4.79 Å². The van der Waals surface area contributed by atoms with E-state index in [0.29, 0.717) is 35.9 Å². The molecule has 1 N–H and O–H groups in total. The second kappa shape index (κ2) is 11.0. The topological polar surface area (TPSA) is 91.8 Å². The van der Waals surface area contributed by atoms with Crippen molar-refractivity contribution in [3.63, 3.8) is 0 Å². The number of piperazine rings is 1. The summed E-state index contributed by atoms with van der Waals surface area (Å²) < 4.78 is 5.36. The Hall–Kier alpha value is -3.91. The number of amides is 3. The largest absolute Gasteiger partial charge is 0.444 e. The van der Waals surface area contributed by atoms with Gasteiger partial charge in [-0.3, -0.25) is 19.5 Å². The lowest BCUT2D eigenvalue weighted by atomic mass is 10.1. The number of pyridine rings is 1. The standard InChI is InChI=1S/C28H29ClN4O4/c1-28(2,3)37-27(36)33-15-14-32(25(34)18-33)17-19-7-9-20(10-8-19)26(35)31-21-11-12-23(29)22(16-21)24-6-4-5-13-30-24/h4-13,16H,14-15,17-18H2,1-3H3,(H,31,35). The Balaban J connectivity index is 1.35. The number of halogens is 1. The molecule has 37 heavy (non-hydrogen) atoms. The van der Waals surface area contributed by atoms with Crippen LogP contribution in [0.2, 0.25) is 5.02 Å². The van der Waals surface area contributed by atoms with Gasteiger partial charge in [-0.2, -0.15) is 0 Å². The van der Waals surface area contributed by atoms with Gasteiger partial charge in [0.05, 0.1) is 10.7 Å². The molecule has 2 heterocycles. The summed E-state index contributed by atoms with van der Waals surface area (Å²) in [4.78, 5) is 45.1. The van der Waals surface area contributed by atoms with Crippen molar-refractivity contribution in [1.82, 2.24) is 14.8 Å². The Morgan fingerprint density at radius 1 is 1.05 bits per heavy atom. The molecule has 0 spiro atoms.